The summed E-state index contributed by atoms with van der Waals surface area (Å²) in [5, 5.41) is 0. The molecular formula is C10H20. The molecule has 0 spiro atoms. The molecule has 10 heavy (non-hydrogen) atoms. The quantitative estimate of drug-likeness (QED) is 0.551. The van der Waals surface area contributed by atoms with Crippen molar-refractivity contribution in [3.05, 3.63) is 0 Å². The largest absolute Gasteiger partial charge is 0.0651 e. The summed E-state index contributed by atoms with van der Waals surface area (Å²) in [4.78, 5) is 0. The fraction of sp³-hybridized carbons (Fsp3) is 1.00. The Morgan fingerprint density at radius 3 is 2.00 bits per heavy atom. The standard InChI is InChI=1S/C10H20/c1-5-8-7-10(3,4)9(8)6-2/h8-9H,5-7H2,1-4H3. The molecule has 60 valence electrons. The van der Waals surface area contributed by atoms with Crippen molar-refractivity contribution in [1.82, 2.24) is 0 Å². The monoisotopic (exact) mass is 140 g/mol. The first kappa shape index (κ1) is 8.10. The maximum Gasteiger partial charge on any atom is -0.0321 e. The molecule has 0 radical (unpaired) electrons. The van der Waals surface area contributed by atoms with Crippen LogP contribution in [0.1, 0.15) is 47.0 Å². The molecule has 0 heteroatoms. The van der Waals surface area contributed by atoms with Crippen LogP contribution < -0.4 is 0 Å². The summed E-state index contributed by atoms with van der Waals surface area (Å²) in [5.74, 6) is 2.05. The Balaban J connectivity index is 2.46. The van der Waals surface area contributed by atoms with Crippen molar-refractivity contribution in [3.8, 4) is 0 Å². The Labute approximate surface area is 65.0 Å². The summed E-state index contributed by atoms with van der Waals surface area (Å²) in [6.07, 6.45) is 4.23. The van der Waals surface area contributed by atoms with Crippen LogP contribution in [0.2, 0.25) is 0 Å². The van der Waals surface area contributed by atoms with Gasteiger partial charge in [-0.05, 0) is 23.7 Å². The summed E-state index contributed by atoms with van der Waals surface area (Å²) in [7, 11) is 0. The smallest absolute Gasteiger partial charge is 0.0321 e. The van der Waals surface area contributed by atoms with Crippen molar-refractivity contribution in [3.63, 3.8) is 0 Å². The molecule has 1 saturated carbocycles. The van der Waals surface area contributed by atoms with E-state index in [-0.39, 0.29) is 0 Å². The van der Waals surface area contributed by atoms with Crippen LogP contribution in [0.4, 0.5) is 0 Å². The molecule has 0 N–H and O–H groups in total. The topological polar surface area (TPSA) is 0 Å². The summed E-state index contributed by atoms with van der Waals surface area (Å²) < 4.78 is 0. The molecule has 2 atom stereocenters. The average Bonchev–Trinajstić information content (AvgIpc) is 1.84. The summed E-state index contributed by atoms with van der Waals surface area (Å²) in [6.45, 7) is 9.47. The molecule has 1 fully saturated rings. The van der Waals surface area contributed by atoms with Gasteiger partial charge in [-0.2, -0.15) is 0 Å². The van der Waals surface area contributed by atoms with E-state index in [9.17, 15) is 0 Å². The van der Waals surface area contributed by atoms with Crippen LogP contribution in [0.25, 0.3) is 0 Å². The lowest BCUT2D eigenvalue weighted by Gasteiger charge is -2.51. The summed E-state index contributed by atoms with van der Waals surface area (Å²) in [6, 6.07) is 0. The number of hydrogen-bond donors (Lipinski definition) is 0. The van der Waals surface area contributed by atoms with Gasteiger partial charge in [0.1, 0.15) is 0 Å². The molecule has 0 heterocycles. The van der Waals surface area contributed by atoms with Crippen LogP contribution in [0.15, 0.2) is 0 Å². The molecule has 0 aliphatic heterocycles. The van der Waals surface area contributed by atoms with E-state index < -0.39 is 0 Å². The maximum absolute atomic E-state index is 2.41. The third-order valence-electron chi connectivity index (χ3n) is 3.33. The second-order valence-corrected chi connectivity index (χ2v) is 4.38. The highest BCUT2D eigenvalue weighted by Crippen LogP contribution is 2.53. The van der Waals surface area contributed by atoms with Gasteiger partial charge in [-0.25, -0.2) is 0 Å². The number of rotatable bonds is 2. The van der Waals surface area contributed by atoms with Gasteiger partial charge in [0, 0.05) is 0 Å². The van der Waals surface area contributed by atoms with E-state index in [0.717, 1.165) is 11.8 Å². The lowest BCUT2D eigenvalue weighted by Crippen LogP contribution is -2.42. The van der Waals surface area contributed by atoms with Crippen molar-refractivity contribution in [2.45, 2.75) is 47.0 Å². The minimum Gasteiger partial charge on any atom is -0.0651 e. The van der Waals surface area contributed by atoms with E-state index in [2.05, 4.69) is 27.7 Å². The third kappa shape index (κ3) is 1.09. The zero-order valence-electron chi connectivity index (χ0n) is 7.78. The van der Waals surface area contributed by atoms with Crippen LogP contribution in [-0.2, 0) is 0 Å². The number of hydrogen-bond acceptors (Lipinski definition) is 0. The van der Waals surface area contributed by atoms with Crippen molar-refractivity contribution in [1.29, 1.82) is 0 Å². The molecule has 1 aliphatic rings. The minimum atomic E-state index is 0.662. The second kappa shape index (κ2) is 2.56. The normalized spacial score (nSPS) is 37.2. The van der Waals surface area contributed by atoms with Crippen molar-refractivity contribution in [2.75, 3.05) is 0 Å². The van der Waals surface area contributed by atoms with E-state index >= 15 is 0 Å². The Morgan fingerprint density at radius 2 is 1.80 bits per heavy atom. The van der Waals surface area contributed by atoms with Gasteiger partial charge in [-0.1, -0.05) is 40.5 Å². The third-order valence-corrected chi connectivity index (χ3v) is 3.33. The van der Waals surface area contributed by atoms with Crippen LogP contribution in [-0.4, -0.2) is 0 Å². The van der Waals surface area contributed by atoms with E-state index in [1.165, 1.54) is 19.3 Å². The summed E-state index contributed by atoms with van der Waals surface area (Å²) >= 11 is 0. The highest BCUT2D eigenvalue weighted by atomic mass is 14.5. The molecule has 0 aromatic rings. The van der Waals surface area contributed by atoms with Gasteiger partial charge in [0.05, 0.1) is 0 Å². The molecule has 0 aromatic carbocycles. The average molecular weight is 140 g/mol. The lowest BCUT2D eigenvalue weighted by atomic mass is 9.54. The van der Waals surface area contributed by atoms with Crippen molar-refractivity contribution < 1.29 is 0 Å². The van der Waals surface area contributed by atoms with Crippen LogP contribution in [0.5, 0.6) is 0 Å². The Morgan fingerprint density at radius 1 is 1.20 bits per heavy atom. The van der Waals surface area contributed by atoms with Gasteiger partial charge in [-0.15, -0.1) is 0 Å². The maximum atomic E-state index is 2.41. The van der Waals surface area contributed by atoms with Crippen LogP contribution in [0.3, 0.4) is 0 Å². The highest BCUT2D eigenvalue weighted by Gasteiger charge is 2.44. The van der Waals surface area contributed by atoms with Crippen molar-refractivity contribution in [2.24, 2.45) is 17.3 Å². The fourth-order valence-electron chi connectivity index (χ4n) is 2.76. The second-order valence-electron chi connectivity index (χ2n) is 4.38. The first-order valence-electron chi connectivity index (χ1n) is 4.61. The van der Waals surface area contributed by atoms with Gasteiger partial charge < -0.3 is 0 Å². The van der Waals surface area contributed by atoms with E-state index in [1.54, 1.807) is 0 Å². The Kier molecular flexibility index (Phi) is 2.07. The predicted molar refractivity (Wildman–Crippen MR) is 46.0 cm³/mol. The Bertz CT molecular complexity index is 113. The van der Waals surface area contributed by atoms with Gasteiger partial charge in [0.2, 0.25) is 0 Å². The van der Waals surface area contributed by atoms with Crippen molar-refractivity contribution >= 4 is 0 Å². The molecule has 0 amide bonds. The molecule has 0 nitrogen and oxygen atoms in total. The lowest BCUT2D eigenvalue weighted by molar-refractivity contribution is -0.0158. The molecule has 0 bridgehead atoms. The fourth-order valence-corrected chi connectivity index (χ4v) is 2.76. The van der Waals surface area contributed by atoms with Crippen LogP contribution >= 0.6 is 0 Å². The van der Waals surface area contributed by atoms with E-state index in [0.29, 0.717) is 5.41 Å². The van der Waals surface area contributed by atoms with Gasteiger partial charge in [0.25, 0.3) is 0 Å². The van der Waals surface area contributed by atoms with Gasteiger partial charge in [0.15, 0.2) is 0 Å². The minimum absolute atomic E-state index is 0.662. The molecule has 0 saturated heterocycles. The first-order chi connectivity index (χ1) is 4.61. The molecule has 1 rings (SSSR count). The predicted octanol–water partition coefficient (Wildman–Crippen LogP) is 3.47. The molecular weight excluding hydrogens is 120 g/mol. The van der Waals surface area contributed by atoms with Gasteiger partial charge in [-0.3, -0.25) is 0 Å². The SMILES string of the molecule is CCC1CC(C)(C)C1CC. The molecule has 0 aromatic heterocycles. The van der Waals surface area contributed by atoms with Gasteiger partial charge >= 0.3 is 0 Å². The zero-order valence-corrected chi connectivity index (χ0v) is 7.78. The first-order valence-corrected chi connectivity index (χ1v) is 4.61. The Hall–Kier alpha value is 0. The molecule has 2 unspecified atom stereocenters. The highest BCUT2D eigenvalue weighted by molar-refractivity contribution is 4.94. The molecule has 1 aliphatic carbocycles. The zero-order chi connectivity index (χ0) is 7.78. The van der Waals surface area contributed by atoms with Crippen LogP contribution in [0, 0.1) is 17.3 Å². The summed E-state index contributed by atoms with van der Waals surface area (Å²) in [5.41, 5.74) is 0.662. The van der Waals surface area contributed by atoms with E-state index in [1.807, 2.05) is 0 Å². The van der Waals surface area contributed by atoms with E-state index in [4.69, 9.17) is 0 Å².